The van der Waals surface area contributed by atoms with Crippen molar-refractivity contribution in [3.63, 3.8) is 0 Å². The standard InChI is InChI=1S/C27H38FN5O2/c1-4-29-27(35)26(21-10-8-7-9-11-21)33-18-16-32(17-19-33)24-13-12-22(20-23(24)28)30-25(34)14-15-31(5-2)6-3/h7-13,20,26H,4-6,14-19H2,1-3H3,(H,29,35)(H,30,34). The van der Waals surface area contributed by atoms with Crippen LogP contribution in [0.5, 0.6) is 0 Å². The van der Waals surface area contributed by atoms with E-state index >= 15 is 0 Å². The minimum Gasteiger partial charge on any atom is -0.367 e. The Morgan fingerprint density at radius 3 is 2.29 bits per heavy atom. The first-order chi connectivity index (χ1) is 17.0. The average Bonchev–Trinajstić information content (AvgIpc) is 2.86. The number of likely N-dealkylation sites (N-methyl/N-ethyl adjacent to an activating group) is 1. The number of piperazine rings is 1. The molecule has 0 spiro atoms. The lowest BCUT2D eigenvalue weighted by Crippen LogP contribution is -2.51. The van der Waals surface area contributed by atoms with Crippen LogP contribution in [0, 0.1) is 5.82 Å². The number of hydrogen-bond acceptors (Lipinski definition) is 5. The zero-order chi connectivity index (χ0) is 25.2. The molecule has 1 heterocycles. The number of anilines is 2. The fourth-order valence-corrected chi connectivity index (χ4v) is 4.52. The maximum absolute atomic E-state index is 15.0. The Hall–Kier alpha value is -2.97. The lowest BCUT2D eigenvalue weighted by atomic mass is 10.0. The molecule has 3 rings (SSSR count). The molecule has 190 valence electrons. The molecule has 0 radical (unpaired) electrons. The van der Waals surface area contributed by atoms with Crippen LogP contribution in [0.3, 0.4) is 0 Å². The Morgan fingerprint density at radius 1 is 1.00 bits per heavy atom. The zero-order valence-electron chi connectivity index (χ0n) is 21.1. The van der Waals surface area contributed by atoms with Crippen LogP contribution >= 0.6 is 0 Å². The number of nitrogens with zero attached hydrogens (tertiary/aromatic N) is 3. The predicted molar refractivity (Wildman–Crippen MR) is 139 cm³/mol. The summed E-state index contributed by atoms with van der Waals surface area (Å²) in [5.41, 5.74) is 1.94. The van der Waals surface area contributed by atoms with Crippen molar-refractivity contribution < 1.29 is 14.0 Å². The van der Waals surface area contributed by atoms with Gasteiger partial charge in [0.2, 0.25) is 11.8 Å². The van der Waals surface area contributed by atoms with Crippen molar-refractivity contribution in [1.29, 1.82) is 0 Å². The smallest absolute Gasteiger partial charge is 0.241 e. The Bertz CT molecular complexity index is 959. The first-order valence-electron chi connectivity index (χ1n) is 12.6. The summed E-state index contributed by atoms with van der Waals surface area (Å²) in [7, 11) is 0. The number of benzene rings is 2. The van der Waals surface area contributed by atoms with Gasteiger partial charge in [0.1, 0.15) is 11.9 Å². The molecule has 0 aliphatic carbocycles. The van der Waals surface area contributed by atoms with Gasteiger partial charge in [-0.15, -0.1) is 0 Å². The number of carbonyl (C=O) groups is 2. The van der Waals surface area contributed by atoms with E-state index in [1.165, 1.54) is 6.07 Å². The summed E-state index contributed by atoms with van der Waals surface area (Å²) in [6.45, 7) is 11.6. The topological polar surface area (TPSA) is 67.9 Å². The van der Waals surface area contributed by atoms with E-state index < -0.39 is 0 Å². The van der Waals surface area contributed by atoms with Crippen molar-refractivity contribution in [2.75, 3.05) is 62.6 Å². The van der Waals surface area contributed by atoms with Crippen LogP contribution in [0.25, 0.3) is 0 Å². The second-order valence-corrected chi connectivity index (χ2v) is 8.72. The Labute approximate surface area is 208 Å². The van der Waals surface area contributed by atoms with Gasteiger partial charge < -0.3 is 20.4 Å². The van der Waals surface area contributed by atoms with Crippen molar-refractivity contribution in [3.05, 3.63) is 59.9 Å². The molecule has 1 saturated heterocycles. The summed E-state index contributed by atoms with van der Waals surface area (Å²) in [5, 5.41) is 5.75. The second kappa shape index (κ2) is 13.2. The van der Waals surface area contributed by atoms with Crippen LogP contribution in [0.2, 0.25) is 0 Å². The molecule has 0 bridgehead atoms. The molecule has 1 aliphatic rings. The highest BCUT2D eigenvalue weighted by atomic mass is 19.1. The van der Waals surface area contributed by atoms with Crippen molar-refractivity contribution >= 4 is 23.2 Å². The fraction of sp³-hybridized carbons (Fsp3) is 0.481. The molecular formula is C27H38FN5O2. The highest BCUT2D eigenvalue weighted by molar-refractivity contribution is 5.91. The largest absolute Gasteiger partial charge is 0.367 e. The van der Waals surface area contributed by atoms with E-state index in [9.17, 15) is 14.0 Å². The Morgan fingerprint density at radius 2 is 1.69 bits per heavy atom. The number of hydrogen-bond donors (Lipinski definition) is 2. The van der Waals surface area contributed by atoms with Crippen LogP contribution in [0.15, 0.2) is 48.5 Å². The monoisotopic (exact) mass is 483 g/mol. The highest BCUT2D eigenvalue weighted by Gasteiger charge is 2.30. The van der Waals surface area contributed by atoms with Crippen molar-refractivity contribution in [2.24, 2.45) is 0 Å². The van der Waals surface area contributed by atoms with Crippen LogP contribution in [-0.2, 0) is 9.59 Å². The van der Waals surface area contributed by atoms with Gasteiger partial charge in [0.05, 0.1) is 5.69 Å². The van der Waals surface area contributed by atoms with Gasteiger partial charge in [-0.2, -0.15) is 0 Å². The van der Waals surface area contributed by atoms with E-state index in [2.05, 4.69) is 34.3 Å². The number of amides is 2. The normalized spacial score (nSPS) is 15.2. The predicted octanol–water partition coefficient (Wildman–Crippen LogP) is 3.50. The van der Waals surface area contributed by atoms with Gasteiger partial charge in [-0.1, -0.05) is 44.2 Å². The lowest BCUT2D eigenvalue weighted by Gasteiger charge is -2.39. The molecule has 2 aromatic carbocycles. The summed E-state index contributed by atoms with van der Waals surface area (Å²) in [4.78, 5) is 31.4. The van der Waals surface area contributed by atoms with Crippen molar-refractivity contribution in [1.82, 2.24) is 15.1 Å². The Kier molecular flexibility index (Phi) is 10.0. The summed E-state index contributed by atoms with van der Waals surface area (Å²) in [6, 6.07) is 14.3. The third kappa shape index (κ3) is 7.26. The maximum atomic E-state index is 15.0. The van der Waals surface area contributed by atoms with E-state index in [0.29, 0.717) is 57.1 Å². The van der Waals surface area contributed by atoms with Crippen LogP contribution in [-0.4, -0.2) is 74.0 Å². The second-order valence-electron chi connectivity index (χ2n) is 8.72. The zero-order valence-corrected chi connectivity index (χ0v) is 21.1. The van der Waals surface area contributed by atoms with E-state index in [1.54, 1.807) is 12.1 Å². The summed E-state index contributed by atoms with van der Waals surface area (Å²) in [5.74, 6) is -0.488. The van der Waals surface area contributed by atoms with Crippen LogP contribution in [0.1, 0.15) is 38.8 Å². The van der Waals surface area contributed by atoms with Gasteiger partial charge in [0, 0.05) is 51.4 Å². The molecule has 0 saturated carbocycles. The molecule has 35 heavy (non-hydrogen) atoms. The van der Waals surface area contributed by atoms with Gasteiger partial charge >= 0.3 is 0 Å². The van der Waals surface area contributed by atoms with Gasteiger partial charge in [0.15, 0.2) is 0 Å². The number of halogens is 1. The SMILES string of the molecule is CCNC(=O)C(c1ccccc1)N1CCN(c2ccc(NC(=O)CCN(CC)CC)cc2F)CC1. The third-order valence-corrected chi connectivity index (χ3v) is 6.52. The summed E-state index contributed by atoms with van der Waals surface area (Å²) >= 11 is 0. The molecule has 1 atom stereocenters. The fourth-order valence-electron chi connectivity index (χ4n) is 4.52. The van der Waals surface area contributed by atoms with E-state index in [4.69, 9.17) is 0 Å². The molecule has 2 amide bonds. The van der Waals surface area contributed by atoms with Gasteiger partial charge in [0.25, 0.3) is 0 Å². The quantitative estimate of drug-likeness (QED) is 0.512. The number of nitrogens with one attached hydrogen (secondary N) is 2. The van der Waals surface area contributed by atoms with Crippen molar-refractivity contribution in [2.45, 2.75) is 33.2 Å². The van der Waals surface area contributed by atoms with Crippen molar-refractivity contribution in [3.8, 4) is 0 Å². The van der Waals surface area contributed by atoms with E-state index in [1.807, 2.05) is 42.2 Å². The average molecular weight is 484 g/mol. The maximum Gasteiger partial charge on any atom is 0.241 e. The molecule has 1 aliphatic heterocycles. The first kappa shape index (κ1) is 26.6. The minimum absolute atomic E-state index is 0.0144. The van der Waals surface area contributed by atoms with Crippen LogP contribution < -0.4 is 15.5 Å². The number of carbonyl (C=O) groups excluding carboxylic acids is 2. The third-order valence-electron chi connectivity index (χ3n) is 6.52. The van der Waals surface area contributed by atoms with E-state index in [-0.39, 0.29) is 23.7 Å². The Balaban J connectivity index is 1.60. The van der Waals surface area contributed by atoms with Gasteiger partial charge in [-0.25, -0.2) is 4.39 Å². The molecule has 2 N–H and O–H groups in total. The number of rotatable bonds is 11. The van der Waals surface area contributed by atoms with Gasteiger partial charge in [-0.05, 0) is 43.8 Å². The highest BCUT2D eigenvalue weighted by Crippen LogP contribution is 2.27. The minimum atomic E-state index is -0.364. The molecule has 1 unspecified atom stereocenters. The molecule has 7 nitrogen and oxygen atoms in total. The summed E-state index contributed by atoms with van der Waals surface area (Å²) in [6.07, 6.45) is 0.376. The molecule has 8 heteroatoms. The molecule has 1 fully saturated rings. The molecule has 0 aromatic heterocycles. The lowest BCUT2D eigenvalue weighted by molar-refractivity contribution is -0.126. The molecule has 2 aromatic rings. The van der Waals surface area contributed by atoms with E-state index in [0.717, 1.165) is 18.7 Å². The molecular weight excluding hydrogens is 445 g/mol. The summed E-state index contributed by atoms with van der Waals surface area (Å²) < 4.78 is 15.0. The first-order valence-corrected chi connectivity index (χ1v) is 12.6. The van der Waals surface area contributed by atoms with Crippen LogP contribution in [0.4, 0.5) is 15.8 Å². The van der Waals surface area contributed by atoms with Gasteiger partial charge in [-0.3, -0.25) is 14.5 Å².